The standard InChI is InChI=1S/C19H36N4O3.HI/c1-4-20-19(21-9-5-11-26-17-7-12-25-13-8-17)22-16-6-10-23(14-16)18(24)15(2)3;/h15-17H,4-14H2,1-3H3,(H2,20,21,22);1H. The Morgan fingerprint density at radius 1 is 1.30 bits per heavy atom. The van der Waals surface area contributed by atoms with Gasteiger partial charge in [-0.1, -0.05) is 13.8 Å². The third-order valence-corrected chi connectivity index (χ3v) is 4.77. The van der Waals surface area contributed by atoms with Crippen LogP contribution in [0.25, 0.3) is 0 Å². The molecule has 0 bridgehead atoms. The second-order valence-electron chi connectivity index (χ2n) is 7.37. The van der Waals surface area contributed by atoms with Crippen molar-refractivity contribution in [2.75, 3.05) is 46.0 Å². The Balaban J connectivity index is 0.00000364. The molecular formula is C19H37IN4O3. The lowest BCUT2D eigenvalue weighted by Crippen LogP contribution is -2.45. The van der Waals surface area contributed by atoms with Crippen molar-refractivity contribution in [1.82, 2.24) is 15.5 Å². The minimum Gasteiger partial charge on any atom is -0.381 e. The highest BCUT2D eigenvalue weighted by Gasteiger charge is 2.27. The number of likely N-dealkylation sites (tertiary alicyclic amines) is 1. The number of carbonyl (C=O) groups is 1. The molecule has 2 fully saturated rings. The molecule has 0 aromatic rings. The van der Waals surface area contributed by atoms with Crippen LogP contribution in [0.2, 0.25) is 0 Å². The molecule has 8 heteroatoms. The molecule has 2 aliphatic heterocycles. The number of amides is 1. The van der Waals surface area contributed by atoms with Crippen molar-refractivity contribution in [2.24, 2.45) is 10.9 Å². The van der Waals surface area contributed by atoms with Gasteiger partial charge in [-0.2, -0.15) is 0 Å². The monoisotopic (exact) mass is 496 g/mol. The summed E-state index contributed by atoms with van der Waals surface area (Å²) in [6, 6.07) is 0.272. The summed E-state index contributed by atoms with van der Waals surface area (Å²) >= 11 is 0. The molecule has 0 spiro atoms. The Kier molecular flexibility index (Phi) is 12.3. The van der Waals surface area contributed by atoms with E-state index in [2.05, 4.69) is 22.5 Å². The number of halogens is 1. The number of carbonyl (C=O) groups excluding carboxylic acids is 1. The van der Waals surface area contributed by atoms with Gasteiger partial charge in [0.1, 0.15) is 0 Å². The van der Waals surface area contributed by atoms with Gasteiger partial charge in [0, 0.05) is 58.0 Å². The zero-order valence-electron chi connectivity index (χ0n) is 17.0. The minimum absolute atomic E-state index is 0. The molecular weight excluding hydrogens is 459 g/mol. The fraction of sp³-hybridized carbons (Fsp3) is 0.895. The summed E-state index contributed by atoms with van der Waals surface area (Å²) in [6.07, 6.45) is 4.23. The SMILES string of the molecule is CCNC(=NCCCOC1CCOCC1)NC1CCN(C(=O)C(C)C)C1.I. The molecule has 2 heterocycles. The van der Waals surface area contributed by atoms with Gasteiger partial charge in [0.25, 0.3) is 0 Å². The number of rotatable bonds is 8. The summed E-state index contributed by atoms with van der Waals surface area (Å²) in [5.74, 6) is 1.13. The first-order chi connectivity index (χ1) is 12.6. The van der Waals surface area contributed by atoms with Gasteiger partial charge in [0.05, 0.1) is 6.10 Å². The molecule has 0 aliphatic carbocycles. The van der Waals surface area contributed by atoms with E-state index in [0.29, 0.717) is 6.10 Å². The Morgan fingerprint density at radius 2 is 2.04 bits per heavy atom. The van der Waals surface area contributed by atoms with Crippen LogP contribution in [-0.4, -0.2) is 74.9 Å². The molecule has 2 rings (SSSR count). The fourth-order valence-corrected chi connectivity index (χ4v) is 3.30. The van der Waals surface area contributed by atoms with Gasteiger partial charge < -0.3 is 25.0 Å². The molecule has 0 saturated carbocycles. The highest BCUT2D eigenvalue weighted by atomic mass is 127. The smallest absolute Gasteiger partial charge is 0.225 e. The first-order valence-electron chi connectivity index (χ1n) is 10.1. The average Bonchev–Trinajstić information content (AvgIpc) is 3.10. The van der Waals surface area contributed by atoms with E-state index in [4.69, 9.17) is 9.47 Å². The van der Waals surface area contributed by atoms with Crippen molar-refractivity contribution < 1.29 is 14.3 Å². The Labute approximate surface area is 181 Å². The average molecular weight is 496 g/mol. The van der Waals surface area contributed by atoms with Crippen LogP contribution in [0.3, 0.4) is 0 Å². The molecule has 1 atom stereocenters. The molecule has 1 unspecified atom stereocenters. The molecule has 158 valence electrons. The van der Waals surface area contributed by atoms with E-state index >= 15 is 0 Å². The van der Waals surface area contributed by atoms with Crippen molar-refractivity contribution >= 4 is 35.8 Å². The van der Waals surface area contributed by atoms with Crippen molar-refractivity contribution in [3.05, 3.63) is 0 Å². The zero-order valence-corrected chi connectivity index (χ0v) is 19.4. The summed E-state index contributed by atoms with van der Waals surface area (Å²) < 4.78 is 11.2. The number of guanidine groups is 1. The summed E-state index contributed by atoms with van der Waals surface area (Å²) in [4.78, 5) is 18.7. The first-order valence-corrected chi connectivity index (χ1v) is 10.1. The highest BCUT2D eigenvalue weighted by molar-refractivity contribution is 14.0. The molecule has 7 nitrogen and oxygen atoms in total. The van der Waals surface area contributed by atoms with Crippen LogP contribution in [0.5, 0.6) is 0 Å². The number of nitrogens with zero attached hydrogens (tertiary/aromatic N) is 2. The van der Waals surface area contributed by atoms with E-state index in [1.165, 1.54) is 0 Å². The lowest BCUT2D eigenvalue weighted by molar-refractivity contribution is -0.133. The third kappa shape index (κ3) is 8.95. The second kappa shape index (κ2) is 13.5. The topological polar surface area (TPSA) is 75.2 Å². The van der Waals surface area contributed by atoms with Gasteiger partial charge in [0.2, 0.25) is 5.91 Å². The maximum absolute atomic E-state index is 12.1. The van der Waals surface area contributed by atoms with E-state index in [-0.39, 0.29) is 41.8 Å². The van der Waals surface area contributed by atoms with Gasteiger partial charge in [-0.15, -0.1) is 24.0 Å². The van der Waals surface area contributed by atoms with Gasteiger partial charge in [0.15, 0.2) is 5.96 Å². The van der Waals surface area contributed by atoms with Crippen molar-refractivity contribution in [3.8, 4) is 0 Å². The van der Waals surface area contributed by atoms with Gasteiger partial charge >= 0.3 is 0 Å². The van der Waals surface area contributed by atoms with Crippen LogP contribution < -0.4 is 10.6 Å². The Hall–Kier alpha value is -0.610. The third-order valence-electron chi connectivity index (χ3n) is 4.77. The Morgan fingerprint density at radius 3 is 2.70 bits per heavy atom. The fourth-order valence-electron chi connectivity index (χ4n) is 3.30. The predicted molar refractivity (Wildman–Crippen MR) is 119 cm³/mol. The van der Waals surface area contributed by atoms with Crippen molar-refractivity contribution in [3.63, 3.8) is 0 Å². The minimum atomic E-state index is 0. The Bertz CT molecular complexity index is 456. The van der Waals surface area contributed by atoms with Gasteiger partial charge in [-0.3, -0.25) is 9.79 Å². The molecule has 0 aromatic heterocycles. The van der Waals surface area contributed by atoms with Gasteiger partial charge in [-0.05, 0) is 32.6 Å². The van der Waals surface area contributed by atoms with Gasteiger partial charge in [-0.25, -0.2) is 0 Å². The summed E-state index contributed by atoms with van der Waals surface area (Å²) in [7, 11) is 0. The van der Waals surface area contributed by atoms with Crippen LogP contribution in [0.1, 0.15) is 46.5 Å². The van der Waals surface area contributed by atoms with E-state index in [1.807, 2.05) is 18.7 Å². The van der Waals surface area contributed by atoms with Crippen LogP contribution in [-0.2, 0) is 14.3 Å². The molecule has 27 heavy (non-hydrogen) atoms. The lowest BCUT2D eigenvalue weighted by Gasteiger charge is -2.22. The summed E-state index contributed by atoms with van der Waals surface area (Å²) in [5.41, 5.74) is 0. The number of ether oxygens (including phenoxy) is 2. The maximum atomic E-state index is 12.1. The highest BCUT2D eigenvalue weighted by Crippen LogP contribution is 2.13. The summed E-state index contributed by atoms with van der Waals surface area (Å²) in [6.45, 7) is 11.5. The second-order valence-corrected chi connectivity index (χ2v) is 7.37. The van der Waals surface area contributed by atoms with Crippen LogP contribution in [0.15, 0.2) is 4.99 Å². The molecule has 2 aliphatic rings. The van der Waals surface area contributed by atoms with Crippen LogP contribution in [0.4, 0.5) is 0 Å². The van der Waals surface area contributed by atoms with Crippen molar-refractivity contribution in [2.45, 2.75) is 58.6 Å². The van der Waals surface area contributed by atoms with E-state index in [0.717, 1.165) is 77.6 Å². The normalized spacial score (nSPS) is 21.3. The number of hydrogen-bond acceptors (Lipinski definition) is 4. The number of hydrogen-bond donors (Lipinski definition) is 2. The molecule has 0 radical (unpaired) electrons. The zero-order chi connectivity index (χ0) is 18.8. The van der Waals surface area contributed by atoms with E-state index in [1.54, 1.807) is 0 Å². The molecule has 2 saturated heterocycles. The lowest BCUT2D eigenvalue weighted by atomic mass is 10.1. The van der Waals surface area contributed by atoms with E-state index < -0.39 is 0 Å². The first kappa shape index (κ1) is 24.4. The predicted octanol–water partition coefficient (Wildman–Crippen LogP) is 2.00. The number of aliphatic imine (C=N–C) groups is 1. The molecule has 1 amide bonds. The number of nitrogens with one attached hydrogen (secondary N) is 2. The van der Waals surface area contributed by atoms with Crippen molar-refractivity contribution in [1.29, 1.82) is 0 Å². The molecule has 2 N–H and O–H groups in total. The summed E-state index contributed by atoms with van der Waals surface area (Å²) in [5, 5.41) is 6.76. The largest absolute Gasteiger partial charge is 0.381 e. The van der Waals surface area contributed by atoms with Crippen LogP contribution >= 0.6 is 24.0 Å². The van der Waals surface area contributed by atoms with Crippen LogP contribution in [0, 0.1) is 5.92 Å². The quantitative estimate of drug-likeness (QED) is 0.233. The van der Waals surface area contributed by atoms with E-state index in [9.17, 15) is 4.79 Å². The maximum Gasteiger partial charge on any atom is 0.225 e. The molecule has 0 aromatic carbocycles.